The van der Waals surface area contributed by atoms with Gasteiger partial charge in [0.25, 0.3) is 5.91 Å². The molecule has 0 spiro atoms. The number of benzene rings is 2. The average molecular weight is 389 g/mol. The summed E-state index contributed by atoms with van der Waals surface area (Å²) in [6.07, 6.45) is 2.09. The van der Waals surface area contributed by atoms with Gasteiger partial charge >= 0.3 is 0 Å². The number of amides is 1. The maximum atomic E-state index is 12.6. The topological polar surface area (TPSA) is 102 Å². The summed E-state index contributed by atoms with van der Waals surface area (Å²) in [5.74, 6) is -0.500. The number of primary amides is 1. The van der Waals surface area contributed by atoms with E-state index >= 15 is 0 Å². The van der Waals surface area contributed by atoms with Crippen molar-refractivity contribution in [3.8, 4) is 5.75 Å². The quantitative estimate of drug-likeness (QED) is 0.748. The second-order valence-electron chi connectivity index (χ2n) is 6.34. The van der Waals surface area contributed by atoms with Crippen LogP contribution in [0, 0.1) is 0 Å². The van der Waals surface area contributed by atoms with Crippen LogP contribution >= 0.6 is 0 Å². The second-order valence-corrected chi connectivity index (χ2v) is 8.11. The minimum Gasteiger partial charge on any atom is -0.496 e. The number of hydrogen-bond acceptors (Lipinski definition) is 5. The molecule has 0 saturated heterocycles. The van der Waals surface area contributed by atoms with Gasteiger partial charge in [-0.3, -0.25) is 4.79 Å². The first-order chi connectivity index (χ1) is 12.9. The molecule has 0 aliphatic carbocycles. The van der Waals surface area contributed by atoms with Crippen molar-refractivity contribution in [2.75, 3.05) is 31.6 Å². The van der Waals surface area contributed by atoms with Gasteiger partial charge in [-0.1, -0.05) is 18.2 Å². The molecule has 0 saturated carbocycles. The highest BCUT2D eigenvalue weighted by molar-refractivity contribution is 7.89. The number of nitrogens with zero attached hydrogens (tertiary/aromatic N) is 1. The molecular weight excluding hydrogens is 366 g/mol. The number of fused-ring (bicyclic) bond motifs is 1. The third-order valence-electron chi connectivity index (χ3n) is 4.63. The number of rotatable bonds is 7. The van der Waals surface area contributed by atoms with Gasteiger partial charge < -0.3 is 15.4 Å². The molecule has 1 amide bonds. The molecule has 0 atom stereocenters. The lowest BCUT2D eigenvalue weighted by atomic mass is 10.0. The van der Waals surface area contributed by atoms with Crippen LogP contribution in [0.25, 0.3) is 0 Å². The molecule has 8 heteroatoms. The van der Waals surface area contributed by atoms with Crippen LogP contribution in [-0.4, -0.2) is 41.1 Å². The maximum absolute atomic E-state index is 12.6. The van der Waals surface area contributed by atoms with E-state index in [4.69, 9.17) is 10.5 Å². The summed E-state index contributed by atoms with van der Waals surface area (Å²) in [6.45, 7) is 1.72. The molecule has 3 N–H and O–H groups in total. The van der Waals surface area contributed by atoms with E-state index in [9.17, 15) is 13.2 Å². The number of aryl methyl sites for hydroxylation is 1. The normalized spacial score (nSPS) is 13.9. The molecule has 0 aromatic heterocycles. The third kappa shape index (κ3) is 4.23. The molecule has 0 bridgehead atoms. The van der Waals surface area contributed by atoms with E-state index in [1.54, 1.807) is 0 Å². The number of carbonyl (C=O) groups is 1. The fourth-order valence-corrected chi connectivity index (χ4v) is 4.34. The van der Waals surface area contributed by atoms with E-state index in [0.717, 1.165) is 25.1 Å². The van der Waals surface area contributed by atoms with E-state index in [2.05, 4.69) is 21.8 Å². The molecule has 0 unspecified atom stereocenters. The Morgan fingerprint density at radius 1 is 1.26 bits per heavy atom. The van der Waals surface area contributed by atoms with Gasteiger partial charge in [0, 0.05) is 25.3 Å². The van der Waals surface area contributed by atoms with E-state index < -0.39 is 15.9 Å². The van der Waals surface area contributed by atoms with Crippen LogP contribution in [-0.2, 0) is 16.4 Å². The molecule has 0 radical (unpaired) electrons. The Bertz CT molecular complexity index is 944. The zero-order valence-electron chi connectivity index (χ0n) is 15.1. The summed E-state index contributed by atoms with van der Waals surface area (Å²) in [4.78, 5) is 13.7. The van der Waals surface area contributed by atoms with E-state index in [1.807, 2.05) is 12.1 Å². The highest BCUT2D eigenvalue weighted by Gasteiger charge is 2.20. The SMILES string of the molecule is COc1ccc(S(=O)(=O)NCCN2CCCc3ccccc32)cc1C(N)=O. The number of para-hydroxylation sites is 1. The molecule has 144 valence electrons. The highest BCUT2D eigenvalue weighted by Crippen LogP contribution is 2.26. The molecule has 3 rings (SSSR count). The summed E-state index contributed by atoms with van der Waals surface area (Å²) in [6, 6.07) is 12.2. The van der Waals surface area contributed by atoms with Crippen molar-refractivity contribution in [2.45, 2.75) is 17.7 Å². The Labute approximate surface area is 159 Å². The lowest BCUT2D eigenvalue weighted by molar-refractivity contribution is 0.0997. The van der Waals surface area contributed by atoms with Gasteiger partial charge in [-0.2, -0.15) is 0 Å². The predicted molar refractivity (Wildman–Crippen MR) is 104 cm³/mol. The van der Waals surface area contributed by atoms with Crippen molar-refractivity contribution in [3.63, 3.8) is 0 Å². The van der Waals surface area contributed by atoms with Gasteiger partial charge in [0.1, 0.15) is 5.75 Å². The van der Waals surface area contributed by atoms with Crippen molar-refractivity contribution < 1.29 is 17.9 Å². The van der Waals surface area contributed by atoms with Crippen LogP contribution in [0.2, 0.25) is 0 Å². The van der Waals surface area contributed by atoms with Crippen LogP contribution in [0.5, 0.6) is 5.75 Å². The second kappa shape index (κ2) is 7.98. The number of carbonyl (C=O) groups excluding carboxylic acids is 1. The molecule has 2 aromatic carbocycles. The maximum Gasteiger partial charge on any atom is 0.252 e. The summed E-state index contributed by atoms with van der Waals surface area (Å²) in [5, 5.41) is 0. The van der Waals surface area contributed by atoms with Gasteiger partial charge in [-0.25, -0.2) is 13.1 Å². The van der Waals surface area contributed by atoms with Gasteiger partial charge in [0.15, 0.2) is 0 Å². The lowest BCUT2D eigenvalue weighted by Gasteiger charge is -2.31. The van der Waals surface area contributed by atoms with Crippen molar-refractivity contribution in [2.24, 2.45) is 5.73 Å². The Kier molecular flexibility index (Phi) is 5.67. The average Bonchev–Trinajstić information content (AvgIpc) is 2.67. The molecular formula is C19H23N3O4S. The molecule has 7 nitrogen and oxygen atoms in total. The minimum atomic E-state index is -3.76. The molecule has 27 heavy (non-hydrogen) atoms. The number of sulfonamides is 1. The van der Waals surface area contributed by atoms with Crippen LogP contribution < -0.4 is 20.1 Å². The van der Waals surface area contributed by atoms with Crippen molar-refractivity contribution in [1.82, 2.24) is 4.72 Å². The van der Waals surface area contributed by atoms with Gasteiger partial charge in [-0.15, -0.1) is 0 Å². The summed E-state index contributed by atoms with van der Waals surface area (Å²) in [7, 11) is -2.37. The first kappa shape index (κ1) is 19.2. The van der Waals surface area contributed by atoms with Crippen molar-refractivity contribution >= 4 is 21.6 Å². The van der Waals surface area contributed by atoms with Crippen LogP contribution in [0.15, 0.2) is 47.4 Å². The molecule has 1 aliphatic rings. The van der Waals surface area contributed by atoms with Gasteiger partial charge in [0.2, 0.25) is 10.0 Å². The first-order valence-corrected chi connectivity index (χ1v) is 10.2. The zero-order valence-corrected chi connectivity index (χ0v) is 16.0. The van der Waals surface area contributed by atoms with Crippen LogP contribution in [0.4, 0.5) is 5.69 Å². The number of nitrogens with two attached hydrogens (primary N) is 1. The third-order valence-corrected chi connectivity index (χ3v) is 6.09. The Morgan fingerprint density at radius 2 is 2.04 bits per heavy atom. The zero-order chi connectivity index (χ0) is 19.4. The Balaban J connectivity index is 1.70. The summed E-state index contributed by atoms with van der Waals surface area (Å²) >= 11 is 0. The smallest absolute Gasteiger partial charge is 0.252 e. The number of anilines is 1. The first-order valence-electron chi connectivity index (χ1n) is 8.73. The van der Waals surface area contributed by atoms with E-state index in [-0.39, 0.29) is 22.8 Å². The van der Waals surface area contributed by atoms with Gasteiger partial charge in [-0.05, 0) is 42.7 Å². The molecule has 0 fully saturated rings. The number of hydrogen-bond donors (Lipinski definition) is 2. The highest BCUT2D eigenvalue weighted by atomic mass is 32.2. The van der Waals surface area contributed by atoms with E-state index in [0.29, 0.717) is 6.54 Å². The number of nitrogens with one attached hydrogen (secondary N) is 1. The number of ether oxygens (including phenoxy) is 1. The van der Waals surface area contributed by atoms with Crippen LogP contribution in [0.1, 0.15) is 22.3 Å². The minimum absolute atomic E-state index is 0.0175. The fourth-order valence-electron chi connectivity index (χ4n) is 3.29. The van der Waals surface area contributed by atoms with E-state index in [1.165, 1.54) is 30.9 Å². The van der Waals surface area contributed by atoms with Gasteiger partial charge in [0.05, 0.1) is 17.6 Å². The van der Waals surface area contributed by atoms with Crippen molar-refractivity contribution in [1.29, 1.82) is 0 Å². The number of methoxy groups -OCH3 is 1. The predicted octanol–water partition coefficient (Wildman–Crippen LogP) is 1.53. The molecule has 1 aliphatic heterocycles. The summed E-state index contributed by atoms with van der Waals surface area (Å²) < 4.78 is 32.8. The summed E-state index contributed by atoms with van der Waals surface area (Å²) in [5.41, 5.74) is 7.78. The standard InChI is InChI=1S/C19H23N3O4S/c1-26-18-9-8-15(13-16(18)19(20)23)27(24,25)21-10-12-22-11-4-6-14-5-2-3-7-17(14)22/h2-3,5,7-9,13,21H,4,6,10-12H2,1H3,(H2,20,23). The van der Waals surface area contributed by atoms with Crippen LogP contribution in [0.3, 0.4) is 0 Å². The lowest BCUT2D eigenvalue weighted by Crippen LogP contribution is -2.37. The monoisotopic (exact) mass is 389 g/mol. The Morgan fingerprint density at radius 3 is 2.78 bits per heavy atom. The Hall–Kier alpha value is -2.58. The van der Waals surface area contributed by atoms with Crippen molar-refractivity contribution in [3.05, 3.63) is 53.6 Å². The molecule has 1 heterocycles. The fraction of sp³-hybridized carbons (Fsp3) is 0.316. The molecule has 2 aromatic rings. The largest absolute Gasteiger partial charge is 0.496 e.